The van der Waals surface area contributed by atoms with Gasteiger partial charge in [-0.25, -0.2) is 4.79 Å². The Labute approximate surface area is 145 Å². The van der Waals surface area contributed by atoms with Gasteiger partial charge in [0.05, 0.1) is 6.61 Å². The third kappa shape index (κ3) is 7.21. The second kappa shape index (κ2) is 10.9. The molecule has 0 unspecified atom stereocenters. The summed E-state index contributed by atoms with van der Waals surface area (Å²) in [5.41, 5.74) is 0.778. The van der Waals surface area contributed by atoms with E-state index in [9.17, 15) is 4.79 Å². The van der Waals surface area contributed by atoms with Crippen LogP contribution in [0.15, 0.2) is 24.3 Å². The Balaban J connectivity index is 1.59. The average Bonchev–Trinajstić information content (AvgIpc) is 2.61. The number of ether oxygens (including phenoxy) is 2. The number of hydrogen-bond donors (Lipinski definition) is 2. The SMILES string of the molecule is CCCCOc1ccc(NC(=O)NCCCC2CCOCC2)cc1. The fourth-order valence-electron chi connectivity index (χ4n) is 2.77. The zero-order chi connectivity index (χ0) is 17.0. The topological polar surface area (TPSA) is 59.6 Å². The van der Waals surface area contributed by atoms with Crippen molar-refractivity contribution in [3.05, 3.63) is 24.3 Å². The summed E-state index contributed by atoms with van der Waals surface area (Å²) in [5, 5.41) is 5.76. The van der Waals surface area contributed by atoms with E-state index in [-0.39, 0.29) is 6.03 Å². The summed E-state index contributed by atoms with van der Waals surface area (Å²) in [7, 11) is 0. The van der Waals surface area contributed by atoms with E-state index in [4.69, 9.17) is 9.47 Å². The Morgan fingerprint density at radius 1 is 1.21 bits per heavy atom. The lowest BCUT2D eigenvalue weighted by atomic mass is 9.95. The monoisotopic (exact) mass is 334 g/mol. The number of urea groups is 1. The van der Waals surface area contributed by atoms with Gasteiger partial charge >= 0.3 is 6.03 Å². The number of carbonyl (C=O) groups is 1. The van der Waals surface area contributed by atoms with Crippen LogP contribution < -0.4 is 15.4 Å². The molecule has 1 fully saturated rings. The largest absolute Gasteiger partial charge is 0.494 e. The predicted molar refractivity (Wildman–Crippen MR) is 96.6 cm³/mol. The first-order valence-electron chi connectivity index (χ1n) is 9.13. The lowest BCUT2D eigenvalue weighted by molar-refractivity contribution is 0.0634. The van der Waals surface area contributed by atoms with Crippen LogP contribution in [0.5, 0.6) is 5.75 Å². The van der Waals surface area contributed by atoms with Crippen molar-refractivity contribution < 1.29 is 14.3 Å². The maximum atomic E-state index is 11.9. The van der Waals surface area contributed by atoms with Crippen LogP contribution in [0.3, 0.4) is 0 Å². The molecule has 1 heterocycles. The summed E-state index contributed by atoms with van der Waals surface area (Å²) in [4.78, 5) is 11.9. The number of carbonyl (C=O) groups excluding carboxylic acids is 1. The fourth-order valence-corrected chi connectivity index (χ4v) is 2.77. The molecule has 1 aromatic carbocycles. The summed E-state index contributed by atoms with van der Waals surface area (Å²) in [6.45, 7) is 5.35. The van der Waals surface area contributed by atoms with Crippen LogP contribution in [0.2, 0.25) is 0 Å². The van der Waals surface area contributed by atoms with Gasteiger partial charge < -0.3 is 20.1 Å². The van der Waals surface area contributed by atoms with E-state index in [0.717, 1.165) is 75.7 Å². The van der Waals surface area contributed by atoms with Crippen LogP contribution in [0.1, 0.15) is 45.4 Å². The van der Waals surface area contributed by atoms with E-state index < -0.39 is 0 Å². The highest BCUT2D eigenvalue weighted by atomic mass is 16.5. The zero-order valence-electron chi connectivity index (χ0n) is 14.7. The number of anilines is 1. The Morgan fingerprint density at radius 2 is 1.96 bits per heavy atom. The summed E-state index contributed by atoms with van der Waals surface area (Å²) < 4.78 is 11.0. The second-order valence-corrected chi connectivity index (χ2v) is 6.31. The molecule has 1 aliphatic rings. The first-order valence-corrected chi connectivity index (χ1v) is 9.13. The van der Waals surface area contributed by atoms with Crippen LogP contribution in [0.25, 0.3) is 0 Å². The highest BCUT2D eigenvalue weighted by Crippen LogP contribution is 2.19. The van der Waals surface area contributed by atoms with E-state index >= 15 is 0 Å². The number of unbranched alkanes of at least 4 members (excludes halogenated alkanes) is 1. The third-order valence-electron chi connectivity index (χ3n) is 4.29. The lowest BCUT2D eigenvalue weighted by Gasteiger charge is -2.21. The van der Waals surface area contributed by atoms with Gasteiger partial charge in [0.15, 0.2) is 0 Å². The van der Waals surface area contributed by atoms with Gasteiger partial charge in [-0.05, 0) is 62.3 Å². The minimum absolute atomic E-state index is 0.151. The fraction of sp³-hybridized carbons (Fsp3) is 0.632. The van der Waals surface area contributed by atoms with Crippen LogP contribution >= 0.6 is 0 Å². The summed E-state index contributed by atoms with van der Waals surface area (Å²) in [5.74, 6) is 1.59. The molecule has 0 spiro atoms. The lowest BCUT2D eigenvalue weighted by Crippen LogP contribution is -2.30. The molecule has 1 aromatic rings. The number of rotatable bonds is 9. The van der Waals surface area contributed by atoms with Gasteiger partial charge in [0.2, 0.25) is 0 Å². The van der Waals surface area contributed by atoms with Crippen molar-refractivity contribution in [2.45, 2.75) is 45.4 Å². The minimum atomic E-state index is -0.151. The van der Waals surface area contributed by atoms with Gasteiger partial charge in [-0.1, -0.05) is 13.3 Å². The van der Waals surface area contributed by atoms with Gasteiger partial charge in [0.25, 0.3) is 0 Å². The van der Waals surface area contributed by atoms with E-state index in [1.54, 1.807) is 0 Å². The molecule has 5 nitrogen and oxygen atoms in total. The van der Waals surface area contributed by atoms with Crippen molar-refractivity contribution in [1.82, 2.24) is 5.32 Å². The Hall–Kier alpha value is -1.75. The average molecular weight is 334 g/mol. The van der Waals surface area contributed by atoms with Crippen molar-refractivity contribution in [1.29, 1.82) is 0 Å². The maximum Gasteiger partial charge on any atom is 0.319 e. The quantitative estimate of drug-likeness (QED) is 0.666. The van der Waals surface area contributed by atoms with E-state index in [2.05, 4.69) is 17.6 Å². The molecule has 24 heavy (non-hydrogen) atoms. The molecule has 0 bridgehead atoms. The third-order valence-corrected chi connectivity index (χ3v) is 4.29. The second-order valence-electron chi connectivity index (χ2n) is 6.31. The molecule has 1 aliphatic heterocycles. The van der Waals surface area contributed by atoms with Crippen molar-refractivity contribution >= 4 is 11.7 Å². The molecule has 2 amide bonds. The summed E-state index contributed by atoms with van der Waals surface area (Å²) in [6, 6.07) is 7.35. The maximum absolute atomic E-state index is 11.9. The molecule has 2 rings (SSSR count). The molecule has 0 atom stereocenters. The van der Waals surface area contributed by atoms with Crippen molar-refractivity contribution in [2.24, 2.45) is 5.92 Å². The summed E-state index contributed by atoms with van der Waals surface area (Å²) >= 11 is 0. The van der Waals surface area contributed by atoms with Crippen LogP contribution in [-0.2, 0) is 4.74 Å². The normalized spacial score (nSPS) is 15.0. The Morgan fingerprint density at radius 3 is 2.67 bits per heavy atom. The number of benzene rings is 1. The van der Waals surface area contributed by atoms with Gasteiger partial charge in [-0.15, -0.1) is 0 Å². The van der Waals surface area contributed by atoms with Gasteiger partial charge in [-0.3, -0.25) is 0 Å². The van der Waals surface area contributed by atoms with Gasteiger partial charge in [0.1, 0.15) is 5.75 Å². The number of nitrogens with one attached hydrogen (secondary N) is 2. The molecule has 134 valence electrons. The van der Waals surface area contributed by atoms with E-state index in [1.165, 1.54) is 0 Å². The number of amides is 2. The van der Waals surface area contributed by atoms with E-state index in [0.29, 0.717) is 6.54 Å². The van der Waals surface area contributed by atoms with Gasteiger partial charge in [-0.2, -0.15) is 0 Å². The van der Waals surface area contributed by atoms with E-state index in [1.807, 2.05) is 24.3 Å². The van der Waals surface area contributed by atoms with Crippen LogP contribution in [0.4, 0.5) is 10.5 Å². The molecule has 0 aliphatic carbocycles. The first kappa shape index (κ1) is 18.6. The standard InChI is InChI=1S/C19H30N2O3/c1-2-3-13-24-18-8-6-17(7-9-18)21-19(22)20-12-4-5-16-10-14-23-15-11-16/h6-9,16H,2-5,10-15H2,1H3,(H2,20,21,22). The molecule has 0 aromatic heterocycles. The van der Waals surface area contributed by atoms with Gasteiger partial charge in [0, 0.05) is 25.4 Å². The Bertz CT molecular complexity index is 470. The Kier molecular flexibility index (Phi) is 8.46. The molecule has 2 N–H and O–H groups in total. The molecule has 0 radical (unpaired) electrons. The van der Waals surface area contributed by atoms with Crippen molar-refractivity contribution in [3.8, 4) is 5.75 Å². The first-order chi connectivity index (χ1) is 11.8. The van der Waals surface area contributed by atoms with Crippen molar-refractivity contribution in [3.63, 3.8) is 0 Å². The predicted octanol–water partition coefficient (Wildman–Crippen LogP) is 4.19. The molecular formula is C19H30N2O3. The number of hydrogen-bond acceptors (Lipinski definition) is 3. The van der Waals surface area contributed by atoms with Crippen molar-refractivity contribution in [2.75, 3.05) is 31.7 Å². The minimum Gasteiger partial charge on any atom is -0.494 e. The van der Waals surface area contributed by atoms with Crippen LogP contribution in [-0.4, -0.2) is 32.4 Å². The van der Waals surface area contributed by atoms with Crippen LogP contribution in [0, 0.1) is 5.92 Å². The molecule has 0 saturated carbocycles. The smallest absolute Gasteiger partial charge is 0.319 e. The molecular weight excluding hydrogens is 304 g/mol. The molecule has 1 saturated heterocycles. The molecule has 5 heteroatoms. The zero-order valence-corrected chi connectivity index (χ0v) is 14.7. The highest BCUT2D eigenvalue weighted by molar-refractivity contribution is 5.89. The highest BCUT2D eigenvalue weighted by Gasteiger charge is 2.13. The summed E-state index contributed by atoms with van der Waals surface area (Å²) in [6.07, 6.45) is 6.65.